The Kier molecular flexibility index (Phi) is 4.32. The molecule has 1 saturated heterocycles. The van der Waals surface area contributed by atoms with Crippen molar-refractivity contribution in [3.63, 3.8) is 0 Å². The zero-order valence-electron chi connectivity index (χ0n) is 17.1. The lowest BCUT2D eigenvalue weighted by atomic mass is 10.1. The number of carbonyl (C=O) groups is 1. The van der Waals surface area contributed by atoms with Crippen molar-refractivity contribution in [3.05, 3.63) is 60.1 Å². The second-order valence-corrected chi connectivity index (χ2v) is 8.16. The number of nitrogens with zero attached hydrogens (tertiary/aromatic N) is 5. The van der Waals surface area contributed by atoms with Gasteiger partial charge in [-0.2, -0.15) is 5.10 Å². The van der Waals surface area contributed by atoms with Crippen LogP contribution in [0.4, 0.5) is 10.1 Å². The van der Waals surface area contributed by atoms with Gasteiger partial charge in [0.25, 0.3) is 0 Å². The lowest BCUT2D eigenvalue weighted by Gasteiger charge is -2.37. The zero-order valence-corrected chi connectivity index (χ0v) is 17.1. The number of carbonyl (C=O) groups excluding carboxylic acids is 1. The molecule has 1 aliphatic rings. The standard InChI is InChI=1S/C22H23FN6O/c1-13-10-28(11-14(2)25-13)17-4-5-29-18(8-17)9-24-22(29)21(30)15-6-16-12-27(3)26-20(16)19(23)7-15/h4-9,12-14,25H,10-11H2,1-3H3/t13-,14-/m0/s1. The quantitative estimate of drug-likeness (QED) is 0.530. The van der Waals surface area contributed by atoms with E-state index in [0.717, 1.165) is 24.3 Å². The summed E-state index contributed by atoms with van der Waals surface area (Å²) >= 11 is 0. The predicted molar refractivity (Wildman–Crippen MR) is 114 cm³/mol. The van der Waals surface area contributed by atoms with E-state index in [1.165, 1.54) is 10.7 Å². The lowest BCUT2D eigenvalue weighted by molar-refractivity contribution is 0.102. The van der Waals surface area contributed by atoms with Gasteiger partial charge in [0.05, 0.1) is 11.7 Å². The number of imidazole rings is 1. The Bertz CT molecular complexity index is 1270. The molecular weight excluding hydrogens is 383 g/mol. The third-order valence-electron chi connectivity index (χ3n) is 5.58. The van der Waals surface area contributed by atoms with E-state index in [9.17, 15) is 9.18 Å². The number of piperazine rings is 1. The van der Waals surface area contributed by atoms with E-state index in [-0.39, 0.29) is 22.7 Å². The number of aromatic nitrogens is 4. The Morgan fingerprint density at radius 3 is 2.73 bits per heavy atom. The number of ketones is 1. The zero-order chi connectivity index (χ0) is 21.0. The molecule has 5 rings (SSSR count). The Morgan fingerprint density at radius 2 is 1.97 bits per heavy atom. The molecule has 30 heavy (non-hydrogen) atoms. The van der Waals surface area contributed by atoms with Crippen molar-refractivity contribution in [1.29, 1.82) is 0 Å². The van der Waals surface area contributed by atoms with E-state index in [4.69, 9.17) is 0 Å². The maximum absolute atomic E-state index is 14.4. The summed E-state index contributed by atoms with van der Waals surface area (Å²) in [5, 5.41) is 8.21. The molecule has 0 spiro atoms. The van der Waals surface area contributed by atoms with Gasteiger partial charge in [0.1, 0.15) is 5.52 Å². The summed E-state index contributed by atoms with van der Waals surface area (Å²) in [5.41, 5.74) is 2.45. The summed E-state index contributed by atoms with van der Waals surface area (Å²) in [5.74, 6) is -0.570. The van der Waals surface area contributed by atoms with E-state index < -0.39 is 5.82 Å². The molecule has 0 amide bonds. The highest BCUT2D eigenvalue weighted by Crippen LogP contribution is 2.23. The van der Waals surface area contributed by atoms with Gasteiger partial charge in [0.2, 0.25) is 5.78 Å². The van der Waals surface area contributed by atoms with Crippen LogP contribution in [0, 0.1) is 5.82 Å². The molecule has 7 nitrogen and oxygen atoms in total. The van der Waals surface area contributed by atoms with Crippen molar-refractivity contribution >= 4 is 27.9 Å². The Morgan fingerprint density at radius 1 is 1.20 bits per heavy atom. The fraction of sp³-hybridized carbons (Fsp3) is 0.318. The molecule has 1 fully saturated rings. The predicted octanol–water partition coefficient (Wildman–Crippen LogP) is 2.78. The van der Waals surface area contributed by atoms with Crippen molar-refractivity contribution < 1.29 is 9.18 Å². The minimum Gasteiger partial charge on any atom is -0.368 e. The van der Waals surface area contributed by atoms with Gasteiger partial charge in [-0.1, -0.05) is 0 Å². The van der Waals surface area contributed by atoms with Crippen LogP contribution >= 0.6 is 0 Å². The van der Waals surface area contributed by atoms with E-state index >= 15 is 0 Å². The molecule has 2 atom stereocenters. The number of pyridine rings is 1. The number of hydrogen-bond donors (Lipinski definition) is 1. The monoisotopic (exact) mass is 406 g/mol. The Labute approximate surface area is 173 Å². The molecular formula is C22H23FN6O. The van der Waals surface area contributed by atoms with Crippen LogP contribution in [0.25, 0.3) is 16.4 Å². The SMILES string of the molecule is C[C@H]1CN(c2ccn3c(C(=O)c4cc(F)c5nn(C)cc5c4)ncc3c2)C[C@H](C)N1. The Balaban J connectivity index is 1.50. The molecule has 4 aromatic rings. The molecule has 0 aliphatic carbocycles. The van der Waals surface area contributed by atoms with Crippen LogP contribution in [0.1, 0.15) is 30.0 Å². The van der Waals surface area contributed by atoms with Crippen LogP contribution in [-0.4, -0.2) is 50.1 Å². The number of fused-ring (bicyclic) bond motifs is 2. The molecule has 8 heteroatoms. The summed E-state index contributed by atoms with van der Waals surface area (Å²) in [7, 11) is 1.72. The molecule has 4 heterocycles. The largest absolute Gasteiger partial charge is 0.368 e. The van der Waals surface area contributed by atoms with Crippen LogP contribution in [-0.2, 0) is 7.05 Å². The summed E-state index contributed by atoms with van der Waals surface area (Å²) < 4.78 is 17.7. The van der Waals surface area contributed by atoms with E-state index in [2.05, 4.69) is 34.1 Å². The van der Waals surface area contributed by atoms with Crippen molar-refractivity contribution in [2.45, 2.75) is 25.9 Å². The summed E-state index contributed by atoms with van der Waals surface area (Å²) in [6.45, 7) is 6.19. The first-order chi connectivity index (χ1) is 14.4. The molecule has 3 aromatic heterocycles. The Hall–Kier alpha value is -3.26. The second kappa shape index (κ2) is 6.91. The highest BCUT2D eigenvalue weighted by Gasteiger charge is 2.23. The average Bonchev–Trinajstić information content (AvgIpc) is 3.29. The number of nitrogens with one attached hydrogen (secondary N) is 1. The fourth-order valence-corrected chi connectivity index (χ4v) is 4.36. The molecule has 0 radical (unpaired) electrons. The summed E-state index contributed by atoms with van der Waals surface area (Å²) in [6, 6.07) is 7.75. The normalized spacial score (nSPS) is 19.7. The lowest BCUT2D eigenvalue weighted by Crippen LogP contribution is -2.54. The summed E-state index contributed by atoms with van der Waals surface area (Å²) in [4.78, 5) is 19.8. The smallest absolute Gasteiger partial charge is 0.228 e. The third-order valence-corrected chi connectivity index (χ3v) is 5.58. The number of halogens is 1. The first kappa shape index (κ1) is 18.7. The molecule has 0 bridgehead atoms. The number of aryl methyl sites for hydroxylation is 1. The van der Waals surface area contributed by atoms with Crippen LogP contribution in [0.15, 0.2) is 42.9 Å². The first-order valence-corrected chi connectivity index (χ1v) is 10.0. The molecule has 1 aromatic carbocycles. The van der Waals surface area contributed by atoms with Gasteiger partial charge >= 0.3 is 0 Å². The first-order valence-electron chi connectivity index (χ1n) is 10.0. The summed E-state index contributed by atoms with van der Waals surface area (Å²) in [6.07, 6.45) is 5.24. The van der Waals surface area contributed by atoms with Crippen molar-refractivity contribution in [3.8, 4) is 0 Å². The maximum atomic E-state index is 14.4. The van der Waals surface area contributed by atoms with E-state index in [1.807, 2.05) is 18.3 Å². The van der Waals surface area contributed by atoms with Crippen molar-refractivity contribution in [1.82, 2.24) is 24.5 Å². The van der Waals surface area contributed by atoms with Crippen LogP contribution < -0.4 is 10.2 Å². The van der Waals surface area contributed by atoms with E-state index in [0.29, 0.717) is 17.5 Å². The second-order valence-electron chi connectivity index (χ2n) is 8.16. The number of anilines is 1. The van der Waals surface area contributed by atoms with Crippen LogP contribution in [0.5, 0.6) is 0 Å². The van der Waals surface area contributed by atoms with Gasteiger partial charge in [0.15, 0.2) is 11.6 Å². The fourth-order valence-electron chi connectivity index (χ4n) is 4.36. The van der Waals surface area contributed by atoms with Gasteiger partial charge in [-0.25, -0.2) is 9.37 Å². The molecule has 0 saturated carbocycles. The topological polar surface area (TPSA) is 67.5 Å². The van der Waals surface area contributed by atoms with E-state index in [1.54, 1.807) is 29.9 Å². The van der Waals surface area contributed by atoms with Crippen LogP contribution in [0.2, 0.25) is 0 Å². The number of hydrogen-bond acceptors (Lipinski definition) is 5. The number of rotatable bonds is 3. The minimum absolute atomic E-state index is 0.256. The van der Waals surface area contributed by atoms with Crippen molar-refractivity contribution in [2.24, 2.45) is 7.05 Å². The highest BCUT2D eigenvalue weighted by molar-refractivity contribution is 6.09. The van der Waals surface area contributed by atoms with Gasteiger partial charge in [-0.05, 0) is 38.1 Å². The minimum atomic E-state index is -0.512. The van der Waals surface area contributed by atoms with Crippen LogP contribution in [0.3, 0.4) is 0 Å². The molecule has 154 valence electrons. The number of benzene rings is 1. The molecule has 1 N–H and O–H groups in total. The third kappa shape index (κ3) is 3.13. The molecule has 1 aliphatic heterocycles. The highest BCUT2D eigenvalue weighted by atomic mass is 19.1. The average molecular weight is 406 g/mol. The maximum Gasteiger partial charge on any atom is 0.228 e. The van der Waals surface area contributed by atoms with Gasteiger partial charge in [-0.15, -0.1) is 0 Å². The van der Waals surface area contributed by atoms with Gasteiger partial charge < -0.3 is 10.2 Å². The van der Waals surface area contributed by atoms with Gasteiger partial charge in [0, 0.05) is 61.3 Å². The molecule has 0 unspecified atom stereocenters. The van der Waals surface area contributed by atoms with Gasteiger partial charge in [-0.3, -0.25) is 13.9 Å². The van der Waals surface area contributed by atoms with Crippen molar-refractivity contribution in [2.75, 3.05) is 18.0 Å².